The van der Waals surface area contributed by atoms with Gasteiger partial charge in [-0.1, -0.05) is 0 Å². The van der Waals surface area contributed by atoms with Crippen LogP contribution in [-0.4, -0.2) is 48.4 Å². The normalized spacial score (nSPS) is 25.3. The summed E-state index contributed by atoms with van der Waals surface area (Å²) in [6.07, 6.45) is 3.23. The number of nitrogens with one attached hydrogen (secondary N) is 1. The Morgan fingerprint density at radius 1 is 1.71 bits per heavy atom. The van der Waals surface area contributed by atoms with Crippen molar-refractivity contribution in [3.63, 3.8) is 0 Å². The Balaban J connectivity index is 2.03. The molecule has 1 aliphatic heterocycles. The maximum atomic E-state index is 11.8. The number of ether oxygens (including phenoxy) is 1. The van der Waals surface area contributed by atoms with E-state index in [1.165, 1.54) is 12.5 Å². The molecule has 7 nitrogen and oxygen atoms in total. The molecule has 17 heavy (non-hydrogen) atoms. The van der Waals surface area contributed by atoms with Crippen LogP contribution < -0.4 is 4.72 Å². The summed E-state index contributed by atoms with van der Waals surface area (Å²) in [4.78, 5) is 3.76. The van der Waals surface area contributed by atoms with Gasteiger partial charge in [-0.15, -0.1) is 0 Å². The van der Waals surface area contributed by atoms with Crippen molar-refractivity contribution in [2.45, 2.75) is 17.0 Å². The van der Waals surface area contributed by atoms with E-state index in [4.69, 9.17) is 4.74 Å². The van der Waals surface area contributed by atoms with E-state index < -0.39 is 15.6 Å². The fourth-order valence-corrected chi connectivity index (χ4v) is 2.66. The Morgan fingerprint density at radius 3 is 3.00 bits per heavy atom. The van der Waals surface area contributed by atoms with Crippen LogP contribution in [-0.2, 0) is 21.8 Å². The first-order chi connectivity index (χ1) is 7.91. The lowest BCUT2D eigenvalue weighted by molar-refractivity contribution is 0.0314. The maximum Gasteiger partial charge on any atom is 0.259 e. The van der Waals surface area contributed by atoms with Gasteiger partial charge in [0.2, 0.25) is 0 Å². The van der Waals surface area contributed by atoms with Gasteiger partial charge in [-0.2, -0.15) is 0 Å². The van der Waals surface area contributed by atoms with E-state index in [0.717, 1.165) is 0 Å². The van der Waals surface area contributed by atoms with E-state index in [1.54, 1.807) is 11.6 Å². The number of aryl methyl sites for hydroxylation is 1. The largest absolute Gasteiger partial charge is 0.386 e. The number of rotatable bonds is 4. The van der Waals surface area contributed by atoms with Crippen LogP contribution in [0.3, 0.4) is 0 Å². The highest BCUT2D eigenvalue weighted by molar-refractivity contribution is 7.89. The summed E-state index contributed by atoms with van der Waals surface area (Å²) in [6, 6.07) is 0. The highest BCUT2D eigenvalue weighted by atomic mass is 32.2. The molecule has 8 heteroatoms. The lowest BCUT2D eigenvalue weighted by Crippen LogP contribution is -2.43. The topological polar surface area (TPSA) is 93.5 Å². The van der Waals surface area contributed by atoms with Crippen molar-refractivity contribution in [3.05, 3.63) is 12.5 Å². The Hall–Kier alpha value is -0.960. The first-order valence-corrected chi connectivity index (χ1v) is 6.67. The number of aliphatic hydroxyl groups is 1. The monoisotopic (exact) mass is 261 g/mol. The van der Waals surface area contributed by atoms with Crippen molar-refractivity contribution in [1.82, 2.24) is 14.3 Å². The standard InChI is InChI=1S/C9H15N3O4S/c1-12-4-8(10-7-12)17(14,15)11-5-9(13)2-3-16-6-9/h4,7,11,13H,2-3,5-6H2,1H3. The second-order valence-corrected chi connectivity index (χ2v) is 5.94. The summed E-state index contributed by atoms with van der Waals surface area (Å²) in [6.45, 7) is 0.533. The fraction of sp³-hybridized carbons (Fsp3) is 0.667. The van der Waals surface area contributed by atoms with Crippen LogP contribution in [0.25, 0.3) is 0 Å². The molecule has 1 atom stereocenters. The molecule has 0 radical (unpaired) electrons. The van der Waals surface area contributed by atoms with Crippen LogP contribution in [0, 0.1) is 0 Å². The summed E-state index contributed by atoms with van der Waals surface area (Å²) in [5, 5.41) is 9.88. The Labute approximate surface area is 99.5 Å². The van der Waals surface area contributed by atoms with E-state index in [1.807, 2.05) is 0 Å². The lowest BCUT2D eigenvalue weighted by atomic mass is 10.1. The molecule has 0 saturated carbocycles. The van der Waals surface area contributed by atoms with E-state index in [-0.39, 0.29) is 18.2 Å². The molecule has 1 aromatic heterocycles. The van der Waals surface area contributed by atoms with Gasteiger partial charge in [-0.3, -0.25) is 0 Å². The van der Waals surface area contributed by atoms with Gasteiger partial charge in [-0.25, -0.2) is 18.1 Å². The second-order valence-electron chi connectivity index (χ2n) is 4.23. The molecular formula is C9H15N3O4S. The minimum atomic E-state index is -3.66. The zero-order valence-electron chi connectivity index (χ0n) is 9.46. The van der Waals surface area contributed by atoms with Gasteiger partial charge in [-0.05, 0) is 0 Å². The summed E-state index contributed by atoms with van der Waals surface area (Å²) in [5.74, 6) is 0. The molecule has 96 valence electrons. The van der Waals surface area contributed by atoms with Crippen molar-refractivity contribution < 1.29 is 18.3 Å². The van der Waals surface area contributed by atoms with Gasteiger partial charge < -0.3 is 14.4 Å². The third-order valence-electron chi connectivity index (χ3n) is 2.63. The predicted molar refractivity (Wildman–Crippen MR) is 58.8 cm³/mol. The van der Waals surface area contributed by atoms with Gasteiger partial charge >= 0.3 is 0 Å². The van der Waals surface area contributed by atoms with Crippen LogP contribution in [0.5, 0.6) is 0 Å². The van der Waals surface area contributed by atoms with Crippen molar-refractivity contribution in [1.29, 1.82) is 0 Å². The van der Waals surface area contributed by atoms with Crippen molar-refractivity contribution in [2.75, 3.05) is 19.8 Å². The first-order valence-electron chi connectivity index (χ1n) is 5.19. The molecule has 1 fully saturated rings. The maximum absolute atomic E-state index is 11.8. The fourth-order valence-electron chi connectivity index (χ4n) is 1.57. The molecule has 0 amide bonds. The summed E-state index contributed by atoms with van der Waals surface area (Å²) in [7, 11) is -1.98. The van der Waals surface area contributed by atoms with E-state index in [9.17, 15) is 13.5 Å². The molecule has 1 unspecified atom stereocenters. The highest BCUT2D eigenvalue weighted by Gasteiger charge is 2.34. The molecule has 2 N–H and O–H groups in total. The minimum absolute atomic E-state index is 0.0532. The molecule has 0 aliphatic carbocycles. The number of sulfonamides is 1. The van der Waals surface area contributed by atoms with E-state index in [2.05, 4.69) is 9.71 Å². The number of imidazole rings is 1. The molecule has 2 heterocycles. The Kier molecular flexibility index (Phi) is 3.21. The molecule has 0 spiro atoms. The molecule has 0 aromatic carbocycles. The molecular weight excluding hydrogens is 246 g/mol. The van der Waals surface area contributed by atoms with E-state index >= 15 is 0 Å². The summed E-state index contributed by atoms with van der Waals surface area (Å²) >= 11 is 0. The van der Waals surface area contributed by atoms with Gasteiger partial charge in [0.05, 0.1) is 12.9 Å². The van der Waals surface area contributed by atoms with Crippen molar-refractivity contribution in [2.24, 2.45) is 7.05 Å². The number of nitrogens with zero attached hydrogens (tertiary/aromatic N) is 2. The van der Waals surface area contributed by atoms with Crippen LogP contribution in [0.1, 0.15) is 6.42 Å². The molecule has 1 aromatic rings. The van der Waals surface area contributed by atoms with Crippen molar-refractivity contribution >= 4 is 10.0 Å². The molecule has 1 saturated heterocycles. The van der Waals surface area contributed by atoms with E-state index in [0.29, 0.717) is 13.0 Å². The second kappa shape index (κ2) is 4.37. The number of hydrogen-bond acceptors (Lipinski definition) is 5. The zero-order chi connectivity index (χ0) is 12.5. The minimum Gasteiger partial charge on any atom is -0.386 e. The van der Waals surface area contributed by atoms with Gasteiger partial charge in [0, 0.05) is 32.8 Å². The quantitative estimate of drug-likeness (QED) is 0.714. The van der Waals surface area contributed by atoms with Crippen LogP contribution >= 0.6 is 0 Å². The number of aromatic nitrogens is 2. The SMILES string of the molecule is Cn1cnc(S(=O)(=O)NCC2(O)CCOC2)c1. The van der Waals surface area contributed by atoms with Crippen molar-refractivity contribution in [3.8, 4) is 0 Å². The highest BCUT2D eigenvalue weighted by Crippen LogP contribution is 2.17. The molecule has 1 aliphatic rings. The predicted octanol–water partition coefficient (Wildman–Crippen LogP) is -1.15. The molecule has 0 bridgehead atoms. The van der Waals surface area contributed by atoms with Crippen LogP contribution in [0.2, 0.25) is 0 Å². The third kappa shape index (κ3) is 2.83. The smallest absolute Gasteiger partial charge is 0.259 e. The van der Waals surface area contributed by atoms with Gasteiger partial charge in [0.25, 0.3) is 10.0 Å². The third-order valence-corrected chi connectivity index (χ3v) is 3.92. The van der Waals surface area contributed by atoms with Crippen LogP contribution in [0.4, 0.5) is 0 Å². The first kappa shape index (κ1) is 12.5. The summed E-state index contributed by atoms with van der Waals surface area (Å²) in [5.41, 5.74) is -1.11. The van der Waals surface area contributed by atoms with Gasteiger partial charge in [0.1, 0.15) is 5.60 Å². The zero-order valence-corrected chi connectivity index (χ0v) is 10.3. The lowest BCUT2D eigenvalue weighted by Gasteiger charge is -2.20. The average molecular weight is 261 g/mol. The average Bonchev–Trinajstić information content (AvgIpc) is 2.86. The Bertz CT molecular complexity index is 490. The summed E-state index contributed by atoms with van der Waals surface area (Å²) < 4.78 is 32.5. The van der Waals surface area contributed by atoms with Crippen LogP contribution in [0.15, 0.2) is 17.6 Å². The molecule has 2 rings (SSSR count). The Morgan fingerprint density at radius 2 is 2.47 bits per heavy atom. The van der Waals surface area contributed by atoms with Gasteiger partial charge in [0.15, 0.2) is 5.03 Å². The number of hydrogen-bond donors (Lipinski definition) is 2.